The molecule has 16 heteroatoms. The predicted molar refractivity (Wildman–Crippen MR) is 197 cm³/mol. The van der Waals surface area contributed by atoms with Crippen LogP contribution in [0.3, 0.4) is 0 Å². The third-order valence-electron chi connectivity index (χ3n) is 9.26. The maximum Gasteiger partial charge on any atom is 0.459 e. The fraction of sp³-hybridized carbons (Fsp3) is 0.595. The van der Waals surface area contributed by atoms with Crippen molar-refractivity contribution in [1.29, 1.82) is 0 Å². The lowest BCUT2D eigenvalue weighted by Crippen LogP contribution is -2.45. The van der Waals surface area contributed by atoms with Gasteiger partial charge in [-0.1, -0.05) is 96.3 Å². The second-order valence-corrected chi connectivity index (χ2v) is 14.9. The highest BCUT2D eigenvalue weighted by Gasteiger charge is 2.53. The Balaban J connectivity index is 1.58. The van der Waals surface area contributed by atoms with E-state index in [0.717, 1.165) is 44.9 Å². The first-order valence-corrected chi connectivity index (χ1v) is 19.9. The Labute approximate surface area is 310 Å². The molecule has 290 valence electrons. The standard InChI is InChI=1S/C37H52FN6O8P/c1-6-10-11-12-13-14-18-21-31(45)50-29-22-30(44-25-40-32-33(39)41-36(38)42-34(32)44)51-37(29,9-4)24-49-53(47,52-28-19-16-15-17-20-28)43-26(5)35(46)48-23-27(7-2)8-3/h4,15-17,19-20,25-27,29-30H,6-8,10-14,18,21-24H2,1-3,5H3,(H,43,47)(H2,39,41,42)/t26-,29-,30+,37+,53-/m0/s1. The molecule has 3 aromatic rings. The Hall–Kier alpha value is -4.09. The fourth-order valence-electron chi connectivity index (χ4n) is 5.95. The van der Waals surface area contributed by atoms with Crippen LogP contribution < -0.4 is 15.3 Å². The summed E-state index contributed by atoms with van der Waals surface area (Å²) in [4.78, 5) is 37.8. The largest absolute Gasteiger partial charge is 0.464 e. The summed E-state index contributed by atoms with van der Waals surface area (Å²) < 4.78 is 59.7. The summed E-state index contributed by atoms with van der Waals surface area (Å²) in [6.45, 7) is 7.24. The molecule has 0 spiro atoms. The molecular formula is C37H52FN6O8P. The fourth-order valence-corrected chi connectivity index (χ4v) is 7.47. The van der Waals surface area contributed by atoms with E-state index in [1.807, 2.05) is 13.8 Å². The van der Waals surface area contributed by atoms with E-state index in [1.165, 1.54) is 24.2 Å². The van der Waals surface area contributed by atoms with Gasteiger partial charge in [0, 0.05) is 12.8 Å². The van der Waals surface area contributed by atoms with Gasteiger partial charge in [0.15, 0.2) is 22.6 Å². The van der Waals surface area contributed by atoms with Gasteiger partial charge in [-0.05, 0) is 31.4 Å². The van der Waals surface area contributed by atoms with Gasteiger partial charge < -0.3 is 24.5 Å². The van der Waals surface area contributed by atoms with Gasteiger partial charge in [0.25, 0.3) is 0 Å². The predicted octanol–water partition coefficient (Wildman–Crippen LogP) is 7.05. The lowest BCUT2D eigenvalue weighted by atomic mass is 9.98. The first kappa shape index (κ1) is 41.7. The van der Waals surface area contributed by atoms with E-state index in [2.05, 4.69) is 32.9 Å². The summed E-state index contributed by atoms with van der Waals surface area (Å²) >= 11 is 0. The minimum absolute atomic E-state index is 0.0245. The van der Waals surface area contributed by atoms with Gasteiger partial charge in [0.05, 0.1) is 12.9 Å². The van der Waals surface area contributed by atoms with Crippen LogP contribution >= 0.6 is 7.75 Å². The highest BCUT2D eigenvalue weighted by molar-refractivity contribution is 7.52. The molecule has 1 aliphatic heterocycles. The molecule has 53 heavy (non-hydrogen) atoms. The zero-order chi connectivity index (χ0) is 38.4. The number of esters is 2. The number of hydrogen-bond donors (Lipinski definition) is 2. The van der Waals surface area contributed by atoms with Gasteiger partial charge >= 0.3 is 25.8 Å². The van der Waals surface area contributed by atoms with Gasteiger partial charge in [-0.15, -0.1) is 6.42 Å². The molecule has 3 heterocycles. The highest BCUT2D eigenvalue weighted by atomic mass is 31.2. The number of carbonyl (C=O) groups is 2. The van der Waals surface area contributed by atoms with Crippen LogP contribution in [0.5, 0.6) is 5.75 Å². The van der Waals surface area contributed by atoms with Gasteiger partial charge in [0.2, 0.25) is 0 Å². The molecule has 0 saturated carbocycles. The number of rotatable bonds is 22. The van der Waals surface area contributed by atoms with Crippen molar-refractivity contribution in [1.82, 2.24) is 24.6 Å². The molecule has 0 radical (unpaired) electrons. The Kier molecular flexibility index (Phi) is 15.6. The summed E-state index contributed by atoms with van der Waals surface area (Å²) in [5.74, 6) is 1.59. The molecule has 0 unspecified atom stereocenters. The number of ether oxygens (including phenoxy) is 3. The molecule has 1 aromatic carbocycles. The number of terminal acetylenes is 1. The zero-order valence-corrected chi connectivity index (χ0v) is 31.9. The maximum absolute atomic E-state index is 14.4. The van der Waals surface area contributed by atoms with Crippen molar-refractivity contribution in [3.8, 4) is 18.1 Å². The summed E-state index contributed by atoms with van der Waals surface area (Å²) in [5, 5.41) is 2.67. The molecular weight excluding hydrogens is 706 g/mol. The molecule has 2 aromatic heterocycles. The highest BCUT2D eigenvalue weighted by Crippen LogP contribution is 2.48. The Morgan fingerprint density at radius 2 is 1.83 bits per heavy atom. The van der Waals surface area contributed by atoms with Gasteiger partial charge in [-0.2, -0.15) is 19.4 Å². The van der Waals surface area contributed by atoms with E-state index >= 15 is 0 Å². The number of aromatic nitrogens is 4. The van der Waals surface area contributed by atoms with Crippen LogP contribution in [0.15, 0.2) is 36.7 Å². The Bertz CT molecular complexity index is 1740. The van der Waals surface area contributed by atoms with E-state index < -0.39 is 56.3 Å². The molecule has 1 aliphatic rings. The number of hydrogen-bond acceptors (Lipinski definition) is 12. The molecule has 3 N–H and O–H groups in total. The molecule has 14 nitrogen and oxygen atoms in total. The van der Waals surface area contributed by atoms with Crippen molar-refractivity contribution < 1.29 is 41.8 Å². The van der Waals surface area contributed by atoms with Crippen LogP contribution in [0.25, 0.3) is 11.2 Å². The molecule has 0 amide bonds. The van der Waals surface area contributed by atoms with Crippen molar-refractivity contribution in [2.75, 3.05) is 18.9 Å². The number of nitrogens with two attached hydrogens (primary N) is 1. The SMILES string of the molecule is C#C[C@]1(CO[P@@](=O)(N[C@@H](C)C(=O)OCC(CC)CC)Oc2ccccc2)O[C@@H](n2cnc3c(N)nc(F)nc32)C[C@@H]1OC(=O)CCCCCCCCC. The van der Waals surface area contributed by atoms with E-state index in [4.69, 9.17) is 35.4 Å². The van der Waals surface area contributed by atoms with Crippen LogP contribution in [0.1, 0.15) is 105 Å². The number of halogens is 1. The number of nitrogens with one attached hydrogen (secondary N) is 1. The van der Waals surface area contributed by atoms with Gasteiger partial charge in [-0.25, -0.2) is 9.55 Å². The second kappa shape index (κ2) is 19.8. The Morgan fingerprint density at radius 1 is 1.13 bits per heavy atom. The van der Waals surface area contributed by atoms with E-state index in [-0.39, 0.29) is 48.1 Å². The lowest BCUT2D eigenvalue weighted by Gasteiger charge is -2.31. The Morgan fingerprint density at radius 3 is 2.51 bits per heavy atom. The molecule has 1 fully saturated rings. The normalized spacial score (nSPS) is 20.2. The van der Waals surface area contributed by atoms with Crippen LogP contribution in [0, 0.1) is 24.3 Å². The average Bonchev–Trinajstić information content (AvgIpc) is 3.72. The smallest absolute Gasteiger partial charge is 0.459 e. The first-order valence-electron chi connectivity index (χ1n) is 18.4. The number of carbonyl (C=O) groups excluding carboxylic acids is 2. The third kappa shape index (κ3) is 11.5. The minimum Gasteiger partial charge on any atom is -0.464 e. The minimum atomic E-state index is -4.42. The van der Waals surface area contributed by atoms with Gasteiger partial charge in [-0.3, -0.25) is 18.7 Å². The third-order valence-corrected chi connectivity index (χ3v) is 10.9. The maximum atomic E-state index is 14.4. The molecule has 0 bridgehead atoms. The molecule has 1 saturated heterocycles. The van der Waals surface area contributed by atoms with Crippen LogP contribution in [-0.4, -0.2) is 62.4 Å². The molecule has 4 rings (SSSR count). The second-order valence-electron chi connectivity index (χ2n) is 13.2. The van der Waals surface area contributed by atoms with E-state index in [9.17, 15) is 18.5 Å². The number of benzene rings is 1. The number of para-hydroxylation sites is 1. The van der Waals surface area contributed by atoms with Crippen LogP contribution in [0.2, 0.25) is 0 Å². The summed E-state index contributed by atoms with van der Waals surface area (Å²) in [6, 6.07) is 7.12. The van der Waals surface area contributed by atoms with Crippen molar-refractivity contribution in [2.24, 2.45) is 5.92 Å². The van der Waals surface area contributed by atoms with Gasteiger partial charge in [0.1, 0.15) is 30.7 Å². The number of anilines is 1. The van der Waals surface area contributed by atoms with Crippen LogP contribution in [0.4, 0.5) is 10.2 Å². The number of fused-ring (bicyclic) bond motifs is 1. The van der Waals surface area contributed by atoms with Crippen LogP contribution in [-0.2, 0) is 32.9 Å². The van der Waals surface area contributed by atoms with Crippen molar-refractivity contribution in [3.05, 3.63) is 42.7 Å². The monoisotopic (exact) mass is 758 g/mol. The van der Waals surface area contributed by atoms with E-state index in [1.54, 1.807) is 30.3 Å². The average molecular weight is 759 g/mol. The molecule has 5 atom stereocenters. The first-order chi connectivity index (χ1) is 25.5. The van der Waals surface area contributed by atoms with Crippen molar-refractivity contribution in [2.45, 2.75) is 122 Å². The van der Waals surface area contributed by atoms with Crippen molar-refractivity contribution in [3.63, 3.8) is 0 Å². The quantitative estimate of drug-likeness (QED) is 0.0350. The summed E-state index contributed by atoms with van der Waals surface area (Å²) in [7, 11) is -4.42. The summed E-state index contributed by atoms with van der Waals surface area (Å²) in [5.41, 5.74) is 4.22. The summed E-state index contributed by atoms with van der Waals surface area (Å²) in [6.07, 6.45) is 13.1. The van der Waals surface area contributed by atoms with Crippen molar-refractivity contribution >= 4 is 36.7 Å². The lowest BCUT2D eigenvalue weighted by molar-refractivity contribution is -0.158. The van der Waals surface area contributed by atoms with E-state index in [0.29, 0.717) is 6.42 Å². The zero-order valence-electron chi connectivity index (χ0n) is 31.0. The number of unbranched alkanes of at least 4 members (excludes halogenated alkanes) is 6. The molecule has 0 aliphatic carbocycles. The number of nitrogen functional groups attached to an aromatic ring is 1. The topological polar surface area (TPSA) is 179 Å². The number of imidazole rings is 1. The number of nitrogens with zero attached hydrogens (tertiary/aromatic N) is 4.